The predicted molar refractivity (Wildman–Crippen MR) is 285 cm³/mol. The maximum atomic E-state index is 6.17. The minimum Gasteiger partial charge on any atom is -0.292 e. The van der Waals surface area contributed by atoms with Crippen LogP contribution in [0.25, 0.3) is 99.4 Å². The molecule has 1 aromatic heterocycles. The zero-order valence-electron chi connectivity index (χ0n) is 37.6. The van der Waals surface area contributed by atoms with Crippen LogP contribution in [-0.4, -0.2) is 9.55 Å². The van der Waals surface area contributed by atoms with Gasteiger partial charge in [0.25, 0.3) is 0 Å². The summed E-state index contributed by atoms with van der Waals surface area (Å²) in [6.45, 7) is 0. The number of allylic oxidation sites excluding steroid dienone is 14. The van der Waals surface area contributed by atoms with E-state index in [1.807, 2.05) is 0 Å². The lowest BCUT2D eigenvalue weighted by Crippen LogP contribution is -2.10. The van der Waals surface area contributed by atoms with Crippen molar-refractivity contribution in [2.75, 3.05) is 0 Å². The highest BCUT2D eigenvalue weighted by Gasteiger charge is 2.30. The molecule has 2 heteroatoms. The van der Waals surface area contributed by atoms with Gasteiger partial charge in [-0.25, -0.2) is 4.98 Å². The third-order valence-electron chi connectivity index (χ3n) is 14.8. The normalized spacial score (nSPS) is 16.9. The van der Waals surface area contributed by atoms with Crippen molar-refractivity contribution in [2.24, 2.45) is 5.92 Å². The molecule has 0 saturated carbocycles. The van der Waals surface area contributed by atoms with Crippen LogP contribution in [0.5, 0.6) is 0 Å². The number of para-hydroxylation sites is 1. The molecule has 0 N–H and O–H groups in total. The summed E-state index contributed by atoms with van der Waals surface area (Å²) in [6, 6.07) is 56.6. The second kappa shape index (κ2) is 16.6. The number of fused-ring (bicyclic) bond motifs is 5. The number of imidazole rings is 1. The van der Waals surface area contributed by atoms with Crippen LogP contribution < -0.4 is 0 Å². The molecule has 13 rings (SSSR count). The van der Waals surface area contributed by atoms with Crippen LogP contribution in [0.2, 0.25) is 0 Å². The zero-order valence-corrected chi connectivity index (χ0v) is 37.6. The number of rotatable bonds is 7. The van der Waals surface area contributed by atoms with Gasteiger partial charge in [0.05, 0.1) is 11.0 Å². The molecule has 8 aromatic carbocycles. The fourth-order valence-corrected chi connectivity index (χ4v) is 11.8. The van der Waals surface area contributed by atoms with Crippen LogP contribution >= 0.6 is 0 Å². The number of hydrogen-bond acceptors (Lipinski definition) is 1. The quantitative estimate of drug-likeness (QED) is 0.146. The summed E-state index contributed by atoms with van der Waals surface area (Å²) in [5.74, 6) is 1.55. The third-order valence-corrected chi connectivity index (χ3v) is 14.8. The Labute approximate surface area is 392 Å². The van der Waals surface area contributed by atoms with Gasteiger partial charge in [0, 0.05) is 22.4 Å². The molecule has 1 heterocycles. The molecule has 0 saturated heterocycles. The van der Waals surface area contributed by atoms with Gasteiger partial charge in [-0.15, -0.1) is 0 Å². The minimum atomic E-state index is 0.599. The van der Waals surface area contributed by atoms with Crippen molar-refractivity contribution in [3.63, 3.8) is 0 Å². The molecule has 320 valence electrons. The van der Waals surface area contributed by atoms with Crippen LogP contribution in [0.3, 0.4) is 0 Å². The van der Waals surface area contributed by atoms with Crippen LogP contribution in [0.15, 0.2) is 218 Å². The Bertz CT molecular complexity index is 3650. The van der Waals surface area contributed by atoms with Gasteiger partial charge in [-0.3, -0.25) is 4.57 Å². The molecule has 9 aromatic rings. The van der Waals surface area contributed by atoms with E-state index in [9.17, 15) is 0 Å². The maximum Gasteiger partial charge on any atom is 0.147 e. The van der Waals surface area contributed by atoms with Crippen LogP contribution in [-0.2, 0) is 0 Å². The fourth-order valence-electron chi connectivity index (χ4n) is 11.8. The van der Waals surface area contributed by atoms with Crippen molar-refractivity contribution < 1.29 is 0 Å². The van der Waals surface area contributed by atoms with E-state index < -0.39 is 0 Å². The number of benzene rings is 8. The summed E-state index contributed by atoms with van der Waals surface area (Å²) in [5, 5.41) is 7.41. The van der Waals surface area contributed by atoms with E-state index in [0.29, 0.717) is 5.92 Å². The van der Waals surface area contributed by atoms with E-state index in [1.54, 1.807) is 0 Å². The lowest BCUT2D eigenvalue weighted by atomic mass is 9.77. The molecule has 1 unspecified atom stereocenters. The molecule has 0 spiro atoms. The molecule has 4 aliphatic rings. The third kappa shape index (κ3) is 6.57. The number of aromatic nitrogens is 2. The molecule has 4 aliphatic carbocycles. The summed E-state index contributed by atoms with van der Waals surface area (Å²) in [6.07, 6.45) is 30.5. The van der Waals surface area contributed by atoms with Crippen molar-refractivity contribution in [3.8, 4) is 39.3 Å². The Kier molecular flexibility index (Phi) is 9.78. The topological polar surface area (TPSA) is 17.8 Å². The van der Waals surface area contributed by atoms with Crippen LogP contribution in [0, 0.1) is 5.92 Å². The summed E-state index contributed by atoms with van der Waals surface area (Å²) in [4.78, 5) is 6.17. The Balaban J connectivity index is 1.22. The maximum absolute atomic E-state index is 6.17. The Morgan fingerprint density at radius 3 is 1.49 bits per heavy atom. The molecule has 0 fully saturated rings. The van der Waals surface area contributed by atoms with Gasteiger partial charge < -0.3 is 0 Å². The van der Waals surface area contributed by atoms with E-state index in [0.717, 1.165) is 66.6 Å². The first-order chi connectivity index (χ1) is 33.3. The SMILES string of the molecule is C1=CCCC(c2ccccc2-c2c3ccccc3c(-c3ccccc3C3=CC=CCC3)c3c2nc(-c2c4ccccc4c(C4=CC5=CC=CCC5CC4)c4ccccc24)n3-c2ccccc2)=C1. The minimum absolute atomic E-state index is 0.599. The fraction of sp³-hybridized carbons (Fsp3) is 0.123. The van der Waals surface area contributed by atoms with Gasteiger partial charge in [0.1, 0.15) is 5.82 Å². The van der Waals surface area contributed by atoms with Gasteiger partial charge in [-0.2, -0.15) is 0 Å². The van der Waals surface area contributed by atoms with E-state index in [1.165, 1.54) is 100.0 Å². The average molecular weight is 859 g/mol. The van der Waals surface area contributed by atoms with Gasteiger partial charge in [0.2, 0.25) is 0 Å². The summed E-state index contributed by atoms with van der Waals surface area (Å²) < 4.78 is 2.52. The van der Waals surface area contributed by atoms with Crippen molar-refractivity contribution in [2.45, 2.75) is 44.9 Å². The highest BCUT2D eigenvalue weighted by molar-refractivity contribution is 6.24. The molecule has 1 atom stereocenters. The van der Waals surface area contributed by atoms with E-state index >= 15 is 0 Å². The van der Waals surface area contributed by atoms with Crippen LogP contribution in [0.4, 0.5) is 0 Å². The highest BCUT2D eigenvalue weighted by Crippen LogP contribution is 2.52. The molecule has 2 nitrogen and oxygen atoms in total. The summed E-state index contributed by atoms with van der Waals surface area (Å²) in [5.41, 5.74) is 18.7. The summed E-state index contributed by atoms with van der Waals surface area (Å²) in [7, 11) is 0. The van der Waals surface area contributed by atoms with Crippen LogP contribution in [0.1, 0.15) is 61.6 Å². The molecule has 0 radical (unpaired) electrons. The van der Waals surface area contributed by atoms with E-state index in [4.69, 9.17) is 4.98 Å². The van der Waals surface area contributed by atoms with Crippen molar-refractivity contribution in [1.82, 2.24) is 9.55 Å². The number of nitrogens with zero attached hydrogens (tertiary/aromatic N) is 2. The summed E-state index contributed by atoms with van der Waals surface area (Å²) >= 11 is 0. The molecule has 0 amide bonds. The second-order valence-corrected chi connectivity index (χ2v) is 18.6. The standard InChI is InChI=1S/C65H50N2/c1-4-23-44(24-5-1)49-30-12-14-32-51(49)60-55-36-18-19-37-56(55)61(52-33-15-13-31-50(52)45-25-6-2-7-26-45)64-63(60)66-65(67(64)48-28-8-3-9-29-48)62-57-38-20-16-34-53(57)59(54-35-17-21-39-58(54)62)47-41-40-43-22-10-11-27-46(43)42-47/h1-4,6,8-21,23,25,27-39,42-43H,5,7,22,24,26,40-41H2. The van der Waals surface area contributed by atoms with Crippen molar-refractivity contribution in [3.05, 3.63) is 235 Å². The second-order valence-electron chi connectivity index (χ2n) is 18.6. The molecular formula is C65H50N2. The molecule has 0 aliphatic heterocycles. The van der Waals surface area contributed by atoms with E-state index in [2.05, 4.69) is 217 Å². The van der Waals surface area contributed by atoms with Gasteiger partial charge in [0.15, 0.2) is 0 Å². The Morgan fingerprint density at radius 1 is 0.418 bits per heavy atom. The lowest BCUT2D eigenvalue weighted by Gasteiger charge is -2.27. The lowest BCUT2D eigenvalue weighted by molar-refractivity contribution is 0.572. The van der Waals surface area contributed by atoms with Crippen molar-refractivity contribution >= 4 is 60.1 Å². The highest BCUT2D eigenvalue weighted by atomic mass is 15.1. The van der Waals surface area contributed by atoms with Crippen molar-refractivity contribution in [1.29, 1.82) is 0 Å². The van der Waals surface area contributed by atoms with Gasteiger partial charge >= 0.3 is 0 Å². The first-order valence-electron chi connectivity index (χ1n) is 24.2. The number of hydrogen-bond donors (Lipinski definition) is 0. The Hall–Kier alpha value is -7.81. The first kappa shape index (κ1) is 39.5. The average Bonchev–Trinajstić information content (AvgIpc) is 3.79. The smallest absolute Gasteiger partial charge is 0.147 e. The van der Waals surface area contributed by atoms with E-state index in [-0.39, 0.29) is 0 Å². The molecule has 0 bridgehead atoms. The molecule has 67 heavy (non-hydrogen) atoms. The first-order valence-corrected chi connectivity index (χ1v) is 24.2. The van der Waals surface area contributed by atoms with Gasteiger partial charge in [-0.05, 0) is 145 Å². The predicted octanol–water partition coefficient (Wildman–Crippen LogP) is 17.6. The van der Waals surface area contributed by atoms with Gasteiger partial charge in [-0.1, -0.05) is 200 Å². The monoisotopic (exact) mass is 858 g/mol. The zero-order chi connectivity index (χ0) is 44.3. The molecular weight excluding hydrogens is 809 g/mol. The Morgan fingerprint density at radius 2 is 0.910 bits per heavy atom. The largest absolute Gasteiger partial charge is 0.292 e.